The van der Waals surface area contributed by atoms with Crippen LogP contribution in [-0.4, -0.2) is 47.7 Å². The van der Waals surface area contributed by atoms with E-state index in [4.69, 9.17) is 18.9 Å². The van der Waals surface area contributed by atoms with E-state index in [0.717, 1.165) is 16.7 Å². The van der Waals surface area contributed by atoms with Crippen molar-refractivity contribution in [2.75, 3.05) is 20.8 Å². The molecule has 9 heteroatoms. The van der Waals surface area contributed by atoms with Crippen LogP contribution < -0.4 is 20.7 Å². The van der Waals surface area contributed by atoms with Crippen LogP contribution in [0.15, 0.2) is 94.6 Å². The van der Waals surface area contributed by atoms with Crippen molar-refractivity contribution in [1.29, 1.82) is 0 Å². The van der Waals surface area contributed by atoms with Gasteiger partial charge < -0.3 is 24.1 Å². The van der Waals surface area contributed by atoms with E-state index in [1.165, 1.54) is 10.8 Å². The van der Waals surface area contributed by atoms with Gasteiger partial charge in [0.1, 0.15) is 29.4 Å². The van der Waals surface area contributed by atoms with E-state index in [-0.39, 0.29) is 13.0 Å². The van der Waals surface area contributed by atoms with Crippen molar-refractivity contribution in [3.63, 3.8) is 0 Å². The van der Waals surface area contributed by atoms with E-state index in [1.54, 1.807) is 21.1 Å². The molecule has 0 radical (unpaired) electrons. The highest BCUT2D eigenvalue weighted by atomic mass is 16.6. The second-order valence-corrected chi connectivity index (χ2v) is 9.73. The summed E-state index contributed by atoms with van der Waals surface area (Å²) < 4.78 is 25.1. The van der Waals surface area contributed by atoms with Crippen LogP contribution in [-0.2, 0) is 15.1 Å². The predicted molar refractivity (Wildman–Crippen MR) is 149 cm³/mol. The summed E-state index contributed by atoms with van der Waals surface area (Å²) in [5.74, 6) is 1.42. The fraction of sp³-hybridized carbons (Fsp3) is 0.290. The Balaban J connectivity index is 1.54. The molecule has 0 amide bonds. The number of nitrogens with one attached hydrogen (secondary N) is 1. The zero-order valence-corrected chi connectivity index (χ0v) is 22.6. The van der Waals surface area contributed by atoms with Gasteiger partial charge in [0.25, 0.3) is 5.56 Å². The maximum absolute atomic E-state index is 12.5. The number of aromatic amines is 1. The predicted octanol–water partition coefficient (Wildman–Crippen LogP) is 3.52. The average Bonchev–Trinajstić information content (AvgIpc) is 3.36. The van der Waals surface area contributed by atoms with E-state index in [2.05, 4.69) is 4.98 Å². The molecule has 0 saturated carbocycles. The molecule has 1 aromatic heterocycles. The normalized spacial score (nSPS) is 18.9. The highest BCUT2D eigenvalue weighted by molar-refractivity contribution is 5.49. The van der Waals surface area contributed by atoms with Crippen LogP contribution in [0.25, 0.3) is 0 Å². The Morgan fingerprint density at radius 2 is 1.45 bits per heavy atom. The standard InChI is InChI=1S/C31H32N2O7/c1-20-18-33(30(36)32-29(20)35)28-17-26(34)27(40-28)19-39-31(21-7-5-4-6-8-21,22-9-13-24(37-2)14-10-22)23-11-15-25(38-3)16-12-23/h4-16,18,26-28,34H,17,19H2,1-3H3,(H,32,35,36)/t26-,27-,28-/m1/s1. The number of aryl methyl sites for hydroxylation is 1. The third-order valence-electron chi connectivity index (χ3n) is 7.30. The molecule has 3 aromatic carbocycles. The number of aromatic nitrogens is 2. The Bertz CT molecular complexity index is 1500. The number of ether oxygens (including phenoxy) is 4. The number of benzene rings is 3. The molecule has 0 aliphatic carbocycles. The zero-order valence-electron chi connectivity index (χ0n) is 22.6. The third kappa shape index (κ3) is 5.19. The molecule has 9 nitrogen and oxygen atoms in total. The Kier molecular flexibility index (Phi) is 7.88. The topological polar surface area (TPSA) is 112 Å². The van der Waals surface area contributed by atoms with E-state index < -0.39 is 35.3 Å². The first-order valence-electron chi connectivity index (χ1n) is 13.0. The van der Waals surface area contributed by atoms with Gasteiger partial charge in [0.05, 0.1) is 26.9 Å². The summed E-state index contributed by atoms with van der Waals surface area (Å²) in [6, 6.07) is 25.1. The van der Waals surface area contributed by atoms with Gasteiger partial charge in [-0.3, -0.25) is 14.3 Å². The van der Waals surface area contributed by atoms with Gasteiger partial charge in [-0.25, -0.2) is 4.79 Å². The summed E-state index contributed by atoms with van der Waals surface area (Å²) in [7, 11) is 3.23. The van der Waals surface area contributed by atoms with Crippen molar-refractivity contribution in [2.45, 2.75) is 37.4 Å². The molecule has 5 rings (SSSR count). The van der Waals surface area contributed by atoms with Crippen LogP contribution in [0.1, 0.15) is 34.9 Å². The number of hydrogen-bond acceptors (Lipinski definition) is 7. The van der Waals surface area contributed by atoms with Gasteiger partial charge >= 0.3 is 5.69 Å². The van der Waals surface area contributed by atoms with Crippen LogP contribution in [0.3, 0.4) is 0 Å². The Morgan fingerprint density at radius 3 is 2.00 bits per heavy atom. The fourth-order valence-corrected chi connectivity index (χ4v) is 5.12. The van der Waals surface area contributed by atoms with E-state index in [0.29, 0.717) is 17.1 Å². The van der Waals surface area contributed by atoms with Crippen LogP contribution in [0.4, 0.5) is 0 Å². The third-order valence-corrected chi connectivity index (χ3v) is 7.30. The first-order valence-corrected chi connectivity index (χ1v) is 13.0. The summed E-state index contributed by atoms with van der Waals surface area (Å²) in [5, 5.41) is 11.0. The van der Waals surface area contributed by atoms with Gasteiger partial charge in [0.15, 0.2) is 0 Å². The Labute approximate surface area is 231 Å². The molecular weight excluding hydrogens is 512 g/mol. The first kappa shape index (κ1) is 27.4. The zero-order chi connectivity index (χ0) is 28.3. The van der Waals surface area contributed by atoms with Crippen molar-refractivity contribution < 1.29 is 24.1 Å². The average molecular weight is 545 g/mol. The number of rotatable bonds is 9. The van der Waals surface area contributed by atoms with Gasteiger partial charge in [-0.2, -0.15) is 0 Å². The lowest BCUT2D eigenvalue weighted by Crippen LogP contribution is -2.38. The molecule has 3 atom stereocenters. The molecule has 1 aliphatic rings. The van der Waals surface area contributed by atoms with Crippen LogP contribution in [0, 0.1) is 6.92 Å². The molecule has 208 valence electrons. The van der Waals surface area contributed by atoms with Gasteiger partial charge in [-0.05, 0) is 47.9 Å². The molecule has 1 saturated heterocycles. The lowest BCUT2D eigenvalue weighted by Gasteiger charge is -2.37. The monoisotopic (exact) mass is 544 g/mol. The number of aliphatic hydroxyl groups excluding tert-OH is 1. The fourth-order valence-electron chi connectivity index (χ4n) is 5.12. The molecule has 0 bridgehead atoms. The minimum Gasteiger partial charge on any atom is -0.497 e. The summed E-state index contributed by atoms with van der Waals surface area (Å²) in [6.07, 6.45) is -0.763. The van der Waals surface area contributed by atoms with Crippen LogP contribution >= 0.6 is 0 Å². The smallest absolute Gasteiger partial charge is 0.330 e. The molecule has 0 unspecified atom stereocenters. The number of hydrogen-bond donors (Lipinski definition) is 2. The maximum atomic E-state index is 12.5. The largest absolute Gasteiger partial charge is 0.497 e. The Hall–Kier alpha value is -4.18. The van der Waals surface area contributed by atoms with Gasteiger partial charge in [-0.1, -0.05) is 54.6 Å². The second kappa shape index (κ2) is 11.5. The summed E-state index contributed by atoms with van der Waals surface area (Å²) in [5.41, 5.74) is 0.825. The minimum atomic E-state index is -1.08. The maximum Gasteiger partial charge on any atom is 0.330 e. The SMILES string of the molecule is COc1ccc(C(OC[C@H]2O[C@@H](n3cc(C)c(=O)[nH]c3=O)C[C@H]2O)(c2ccccc2)c2ccc(OC)cc2)cc1. The van der Waals surface area contributed by atoms with E-state index in [9.17, 15) is 14.7 Å². The Morgan fingerprint density at radius 1 is 0.900 bits per heavy atom. The molecule has 40 heavy (non-hydrogen) atoms. The molecule has 0 spiro atoms. The highest BCUT2D eigenvalue weighted by Crippen LogP contribution is 2.42. The summed E-state index contributed by atoms with van der Waals surface area (Å²) >= 11 is 0. The first-order chi connectivity index (χ1) is 19.3. The number of nitrogens with zero attached hydrogens (tertiary/aromatic N) is 1. The minimum absolute atomic E-state index is 0.0156. The number of H-pyrrole nitrogens is 1. The van der Waals surface area contributed by atoms with Gasteiger partial charge in [-0.15, -0.1) is 0 Å². The highest BCUT2D eigenvalue weighted by Gasteiger charge is 2.42. The van der Waals surface area contributed by atoms with Crippen molar-refractivity contribution in [3.05, 3.63) is 128 Å². The lowest BCUT2D eigenvalue weighted by molar-refractivity contribution is -0.0944. The van der Waals surface area contributed by atoms with Crippen molar-refractivity contribution in [3.8, 4) is 11.5 Å². The van der Waals surface area contributed by atoms with E-state index in [1.807, 2.05) is 78.9 Å². The van der Waals surface area contributed by atoms with Crippen molar-refractivity contribution in [1.82, 2.24) is 9.55 Å². The molecule has 4 aromatic rings. The molecule has 1 aliphatic heterocycles. The van der Waals surface area contributed by atoms with Crippen LogP contribution in [0.2, 0.25) is 0 Å². The summed E-state index contributed by atoms with van der Waals surface area (Å²) in [4.78, 5) is 26.6. The molecule has 2 heterocycles. The lowest BCUT2D eigenvalue weighted by atomic mass is 9.80. The van der Waals surface area contributed by atoms with E-state index >= 15 is 0 Å². The quantitative estimate of drug-likeness (QED) is 0.310. The second-order valence-electron chi connectivity index (χ2n) is 9.73. The van der Waals surface area contributed by atoms with Crippen LogP contribution in [0.5, 0.6) is 11.5 Å². The van der Waals surface area contributed by atoms with Gasteiger partial charge in [0, 0.05) is 18.2 Å². The molecular formula is C31H32N2O7. The van der Waals surface area contributed by atoms with Crippen molar-refractivity contribution >= 4 is 0 Å². The number of methoxy groups -OCH3 is 2. The number of aliphatic hydroxyl groups is 1. The van der Waals surface area contributed by atoms with Crippen molar-refractivity contribution in [2.24, 2.45) is 0 Å². The molecule has 2 N–H and O–H groups in total. The van der Waals surface area contributed by atoms with Gasteiger partial charge in [0.2, 0.25) is 0 Å². The summed E-state index contributed by atoms with van der Waals surface area (Å²) in [6.45, 7) is 1.63. The molecule has 1 fully saturated rings.